The Morgan fingerprint density at radius 3 is 2.43 bits per heavy atom. The van der Waals surface area contributed by atoms with Gasteiger partial charge in [0.2, 0.25) is 0 Å². The van der Waals surface area contributed by atoms with E-state index in [9.17, 15) is 13.2 Å². The van der Waals surface area contributed by atoms with Crippen molar-refractivity contribution in [2.75, 3.05) is 6.26 Å². The smallest absolute Gasteiger partial charge is 0.181 e. The second kappa shape index (κ2) is 3.82. The van der Waals surface area contributed by atoms with E-state index in [4.69, 9.17) is 0 Å². The van der Waals surface area contributed by atoms with Crippen molar-refractivity contribution in [2.45, 2.75) is 19.1 Å². The molecule has 0 amide bonds. The molecule has 0 fully saturated rings. The van der Waals surface area contributed by atoms with Crippen LogP contribution in [0.25, 0.3) is 0 Å². The minimum Gasteiger partial charge on any atom is -0.293 e. The first kappa shape index (κ1) is 11.4. The number of Topliss-reactive ketones (excluding diaryl/α,β-unsaturated/α-hetero) is 1. The molecule has 0 saturated heterocycles. The Morgan fingerprint density at radius 1 is 1.50 bits per heavy atom. The molecular weight excluding hydrogens is 220 g/mol. The number of carbonyl (C=O) groups is 1. The topological polar surface area (TPSA) is 51.2 Å². The van der Waals surface area contributed by atoms with Crippen molar-refractivity contribution in [1.82, 2.24) is 0 Å². The third-order valence-corrected chi connectivity index (χ3v) is 4.48. The zero-order valence-electron chi connectivity index (χ0n) is 8.27. The summed E-state index contributed by atoms with van der Waals surface area (Å²) in [5, 5.41) is 0.841. The predicted molar refractivity (Wildman–Crippen MR) is 57.7 cm³/mol. The van der Waals surface area contributed by atoms with Crippen LogP contribution in [-0.4, -0.2) is 25.7 Å². The lowest BCUT2D eigenvalue weighted by Crippen LogP contribution is -2.26. The van der Waals surface area contributed by atoms with Gasteiger partial charge in [-0.25, -0.2) is 8.42 Å². The molecule has 3 nitrogen and oxygen atoms in total. The molecule has 5 heteroatoms. The van der Waals surface area contributed by atoms with Gasteiger partial charge in [-0.15, -0.1) is 11.3 Å². The van der Waals surface area contributed by atoms with Gasteiger partial charge in [0.05, 0.1) is 0 Å². The number of carbonyl (C=O) groups excluding carboxylic acids is 1. The summed E-state index contributed by atoms with van der Waals surface area (Å²) in [6.07, 6.45) is 1.08. The third-order valence-electron chi connectivity index (χ3n) is 2.14. The average Bonchev–Trinajstić information content (AvgIpc) is 2.47. The average molecular weight is 232 g/mol. The first-order chi connectivity index (χ1) is 6.34. The standard InChI is InChI=1S/C9H12O3S2/c1-6-8(4-5-13-6)9(10)7(2)14(3,11)12/h4-5,7H,1-3H3. The summed E-state index contributed by atoms with van der Waals surface area (Å²) in [5.41, 5.74) is 0.521. The number of hydrogen-bond donors (Lipinski definition) is 0. The second-order valence-corrected chi connectivity index (χ2v) is 6.71. The van der Waals surface area contributed by atoms with E-state index in [1.807, 2.05) is 6.92 Å². The fraction of sp³-hybridized carbons (Fsp3) is 0.444. The van der Waals surface area contributed by atoms with Gasteiger partial charge in [-0.1, -0.05) is 0 Å². The summed E-state index contributed by atoms with van der Waals surface area (Å²) in [4.78, 5) is 12.6. The Balaban J connectivity index is 3.04. The van der Waals surface area contributed by atoms with Crippen molar-refractivity contribution in [3.05, 3.63) is 21.9 Å². The normalized spacial score (nSPS) is 13.9. The van der Waals surface area contributed by atoms with Gasteiger partial charge in [-0.2, -0.15) is 0 Å². The van der Waals surface area contributed by atoms with Crippen LogP contribution in [0.2, 0.25) is 0 Å². The van der Waals surface area contributed by atoms with E-state index in [1.165, 1.54) is 18.3 Å². The lowest BCUT2D eigenvalue weighted by atomic mass is 10.1. The van der Waals surface area contributed by atoms with Crippen molar-refractivity contribution in [3.63, 3.8) is 0 Å². The number of rotatable bonds is 3. The number of ketones is 1. The van der Waals surface area contributed by atoms with Crippen molar-refractivity contribution in [3.8, 4) is 0 Å². The van der Waals surface area contributed by atoms with E-state index < -0.39 is 15.1 Å². The quantitative estimate of drug-likeness (QED) is 0.745. The Kier molecular flexibility index (Phi) is 3.11. The molecule has 0 bridgehead atoms. The summed E-state index contributed by atoms with van der Waals surface area (Å²) in [6, 6.07) is 1.67. The van der Waals surface area contributed by atoms with Crippen LogP contribution in [0, 0.1) is 6.92 Å². The van der Waals surface area contributed by atoms with Gasteiger partial charge in [0.15, 0.2) is 15.6 Å². The lowest BCUT2D eigenvalue weighted by molar-refractivity contribution is 0.0991. The minimum atomic E-state index is -3.29. The van der Waals surface area contributed by atoms with E-state index >= 15 is 0 Å². The molecule has 1 atom stereocenters. The van der Waals surface area contributed by atoms with Crippen LogP contribution < -0.4 is 0 Å². The summed E-state index contributed by atoms with van der Waals surface area (Å²) in [5.74, 6) is -0.314. The lowest BCUT2D eigenvalue weighted by Gasteiger charge is -2.07. The highest BCUT2D eigenvalue weighted by Gasteiger charge is 2.25. The van der Waals surface area contributed by atoms with Crippen LogP contribution >= 0.6 is 11.3 Å². The molecule has 0 aromatic carbocycles. The molecule has 1 rings (SSSR count). The molecule has 1 aromatic heterocycles. The molecule has 14 heavy (non-hydrogen) atoms. The second-order valence-electron chi connectivity index (χ2n) is 3.23. The number of hydrogen-bond acceptors (Lipinski definition) is 4. The summed E-state index contributed by atoms with van der Waals surface area (Å²) >= 11 is 1.45. The highest BCUT2D eigenvalue weighted by Crippen LogP contribution is 2.18. The van der Waals surface area contributed by atoms with Gasteiger partial charge in [-0.3, -0.25) is 4.79 Å². The molecule has 0 spiro atoms. The SMILES string of the molecule is Cc1sccc1C(=O)C(C)S(C)(=O)=O. The van der Waals surface area contributed by atoms with Gasteiger partial charge < -0.3 is 0 Å². The van der Waals surface area contributed by atoms with Crippen molar-refractivity contribution in [1.29, 1.82) is 0 Å². The molecule has 1 unspecified atom stereocenters. The van der Waals surface area contributed by atoms with Gasteiger partial charge in [0.25, 0.3) is 0 Å². The number of sulfone groups is 1. The van der Waals surface area contributed by atoms with Crippen molar-refractivity contribution >= 4 is 27.0 Å². The van der Waals surface area contributed by atoms with E-state index in [0.29, 0.717) is 5.56 Å². The minimum absolute atomic E-state index is 0.314. The van der Waals surface area contributed by atoms with Gasteiger partial charge in [-0.05, 0) is 25.3 Å². The van der Waals surface area contributed by atoms with Crippen molar-refractivity contribution in [2.24, 2.45) is 0 Å². The summed E-state index contributed by atoms with van der Waals surface area (Å²) < 4.78 is 22.3. The predicted octanol–water partition coefficient (Wildman–Crippen LogP) is 1.67. The zero-order valence-corrected chi connectivity index (χ0v) is 9.91. The van der Waals surface area contributed by atoms with E-state index in [1.54, 1.807) is 11.4 Å². The zero-order chi connectivity index (χ0) is 10.9. The van der Waals surface area contributed by atoms with E-state index in [-0.39, 0.29) is 5.78 Å². The molecule has 0 radical (unpaired) electrons. The van der Waals surface area contributed by atoms with Crippen LogP contribution in [0.5, 0.6) is 0 Å². The Hall–Kier alpha value is -0.680. The molecule has 0 aliphatic heterocycles. The van der Waals surface area contributed by atoms with Crippen LogP contribution in [0.4, 0.5) is 0 Å². The number of thiophene rings is 1. The highest BCUT2D eigenvalue weighted by atomic mass is 32.2. The molecule has 1 aromatic rings. The van der Waals surface area contributed by atoms with Crippen LogP contribution in [0.15, 0.2) is 11.4 Å². The fourth-order valence-corrected chi connectivity index (χ4v) is 2.27. The maximum atomic E-state index is 11.7. The molecule has 78 valence electrons. The van der Waals surface area contributed by atoms with Crippen molar-refractivity contribution < 1.29 is 13.2 Å². The highest BCUT2D eigenvalue weighted by molar-refractivity contribution is 7.92. The van der Waals surface area contributed by atoms with Crippen LogP contribution in [0.3, 0.4) is 0 Å². The van der Waals surface area contributed by atoms with Gasteiger partial charge in [0, 0.05) is 16.7 Å². The molecule has 0 aliphatic rings. The Bertz CT molecular complexity index is 442. The maximum Gasteiger partial charge on any atom is 0.181 e. The van der Waals surface area contributed by atoms with Crippen LogP contribution in [0.1, 0.15) is 22.2 Å². The van der Waals surface area contributed by atoms with Gasteiger partial charge in [0.1, 0.15) is 5.25 Å². The van der Waals surface area contributed by atoms with Crippen LogP contribution in [-0.2, 0) is 9.84 Å². The maximum absolute atomic E-state index is 11.7. The largest absolute Gasteiger partial charge is 0.293 e. The Labute approximate surface area is 87.7 Å². The summed E-state index contributed by atoms with van der Waals surface area (Å²) in [6.45, 7) is 3.24. The summed E-state index contributed by atoms with van der Waals surface area (Å²) in [7, 11) is -3.29. The molecular formula is C9H12O3S2. The molecule has 0 saturated carbocycles. The number of aryl methyl sites for hydroxylation is 1. The van der Waals surface area contributed by atoms with E-state index in [2.05, 4.69) is 0 Å². The first-order valence-corrected chi connectivity index (χ1v) is 6.94. The van der Waals surface area contributed by atoms with Gasteiger partial charge >= 0.3 is 0 Å². The fourth-order valence-electron chi connectivity index (χ4n) is 1.05. The third kappa shape index (κ3) is 2.22. The molecule has 0 aliphatic carbocycles. The molecule has 0 N–H and O–H groups in total. The first-order valence-electron chi connectivity index (χ1n) is 4.11. The molecule has 1 heterocycles. The monoisotopic (exact) mass is 232 g/mol. The Morgan fingerprint density at radius 2 is 2.07 bits per heavy atom. The van der Waals surface area contributed by atoms with E-state index in [0.717, 1.165) is 11.1 Å².